The average molecular weight is 419 g/mol. The maximum Gasteiger partial charge on any atom is 0.264 e. The predicted molar refractivity (Wildman–Crippen MR) is 119 cm³/mol. The molecular formula is C23H19ClN4O2. The zero-order valence-electron chi connectivity index (χ0n) is 16.3. The molecule has 0 saturated carbocycles. The number of hydrogen-bond donors (Lipinski definition) is 1. The van der Waals surface area contributed by atoms with E-state index in [0.717, 1.165) is 5.39 Å². The Kier molecular flexibility index (Phi) is 5.25. The van der Waals surface area contributed by atoms with Crippen molar-refractivity contribution >= 4 is 28.8 Å². The van der Waals surface area contributed by atoms with Crippen molar-refractivity contribution in [2.45, 2.75) is 6.92 Å². The zero-order chi connectivity index (χ0) is 21.3. The van der Waals surface area contributed by atoms with Gasteiger partial charge in [0.05, 0.1) is 12.3 Å². The van der Waals surface area contributed by atoms with Gasteiger partial charge in [-0.25, -0.2) is 0 Å². The van der Waals surface area contributed by atoms with E-state index in [0.29, 0.717) is 40.0 Å². The summed E-state index contributed by atoms with van der Waals surface area (Å²) in [6, 6.07) is 15.9. The molecule has 0 fully saturated rings. The molecule has 3 aromatic heterocycles. The van der Waals surface area contributed by atoms with E-state index in [1.54, 1.807) is 63.9 Å². The highest BCUT2D eigenvalue weighted by molar-refractivity contribution is 6.30. The van der Waals surface area contributed by atoms with Crippen LogP contribution in [-0.2, 0) is 0 Å². The number of aromatic nitrogens is 3. The molecule has 0 atom stereocenters. The van der Waals surface area contributed by atoms with Gasteiger partial charge in [0.2, 0.25) is 5.88 Å². The number of fused-ring (bicyclic) bond motifs is 1. The van der Waals surface area contributed by atoms with Gasteiger partial charge < -0.3 is 9.30 Å². The summed E-state index contributed by atoms with van der Waals surface area (Å²) < 4.78 is 8.65. The van der Waals surface area contributed by atoms with Crippen molar-refractivity contribution in [3.8, 4) is 22.7 Å². The van der Waals surface area contributed by atoms with Crippen LogP contribution in [0.5, 0.6) is 5.88 Å². The van der Waals surface area contributed by atoms with Crippen LogP contribution in [0.2, 0.25) is 5.02 Å². The van der Waals surface area contributed by atoms with Gasteiger partial charge in [0.25, 0.3) is 5.56 Å². The summed E-state index contributed by atoms with van der Waals surface area (Å²) in [5.74, 6) is 0.447. The van der Waals surface area contributed by atoms with Crippen LogP contribution in [0.4, 0.5) is 0 Å². The Morgan fingerprint density at radius 2 is 1.93 bits per heavy atom. The largest absolute Gasteiger partial charge is 0.478 e. The second-order valence-electron chi connectivity index (χ2n) is 6.56. The number of ether oxygens (including phenoxy) is 1. The fourth-order valence-electron chi connectivity index (χ4n) is 3.26. The minimum Gasteiger partial charge on any atom is -0.478 e. The summed E-state index contributed by atoms with van der Waals surface area (Å²) in [5.41, 5.74) is 2.33. The van der Waals surface area contributed by atoms with Crippen LogP contribution in [0.25, 0.3) is 34.0 Å². The molecule has 0 radical (unpaired) electrons. The molecule has 0 aliphatic carbocycles. The first-order valence-electron chi connectivity index (χ1n) is 9.37. The summed E-state index contributed by atoms with van der Waals surface area (Å²) in [6.45, 7) is 6.08. The molecule has 7 heteroatoms. The number of nitrogens with zero attached hydrogens (tertiary/aromatic N) is 3. The lowest BCUT2D eigenvalue weighted by Crippen LogP contribution is -2.22. The second-order valence-corrected chi connectivity index (χ2v) is 7.00. The molecule has 4 rings (SSSR count). The topological polar surface area (TPSA) is 72.9 Å². The minimum absolute atomic E-state index is 0.237. The van der Waals surface area contributed by atoms with Crippen LogP contribution < -0.4 is 15.8 Å². The molecule has 1 N–H and O–H groups in total. The summed E-state index contributed by atoms with van der Waals surface area (Å²) in [7, 11) is 0. The van der Waals surface area contributed by atoms with Crippen molar-refractivity contribution in [1.29, 1.82) is 5.41 Å². The van der Waals surface area contributed by atoms with Crippen LogP contribution in [-0.4, -0.2) is 20.7 Å². The lowest BCUT2D eigenvalue weighted by molar-refractivity contribution is 0.328. The lowest BCUT2D eigenvalue weighted by Gasteiger charge is -2.14. The lowest BCUT2D eigenvalue weighted by atomic mass is 10.1. The quantitative estimate of drug-likeness (QED) is 0.519. The Balaban J connectivity index is 2.06. The normalized spacial score (nSPS) is 10.9. The minimum atomic E-state index is -0.237. The Morgan fingerprint density at radius 3 is 2.63 bits per heavy atom. The Morgan fingerprint density at radius 1 is 1.17 bits per heavy atom. The fraction of sp³-hybridized carbons (Fsp3) is 0.0870. The monoisotopic (exact) mass is 418 g/mol. The van der Waals surface area contributed by atoms with E-state index in [9.17, 15) is 4.79 Å². The second kappa shape index (κ2) is 8.00. The van der Waals surface area contributed by atoms with E-state index in [1.165, 1.54) is 6.20 Å². The maximum atomic E-state index is 13.6. The molecule has 0 unspecified atom stereocenters. The molecule has 4 aromatic rings. The van der Waals surface area contributed by atoms with Gasteiger partial charge in [0.15, 0.2) is 5.65 Å². The molecule has 0 aliphatic heterocycles. The van der Waals surface area contributed by atoms with Crippen molar-refractivity contribution in [2.75, 3.05) is 6.61 Å². The Bertz CT molecular complexity index is 1370. The number of pyridine rings is 3. The first-order chi connectivity index (χ1) is 14.5. The van der Waals surface area contributed by atoms with Gasteiger partial charge >= 0.3 is 0 Å². The van der Waals surface area contributed by atoms with Gasteiger partial charge in [-0.05, 0) is 55.5 Å². The average Bonchev–Trinajstić information content (AvgIpc) is 2.75. The molecule has 0 bridgehead atoms. The first-order valence-corrected chi connectivity index (χ1v) is 9.75. The highest BCUT2D eigenvalue weighted by atomic mass is 35.5. The molecule has 30 heavy (non-hydrogen) atoms. The van der Waals surface area contributed by atoms with E-state index in [4.69, 9.17) is 21.7 Å². The molecule has 6 nitrogen and oxygen atoms in total. The highest BCUT2D eigenvalue weighted by Crippen LogP contribution is 2.24. The van der Waals surface area contributed by atoms with Crippen molar-refractivity contribution in [3.05, 3.63) is 88.2 Å². The molecule has 0 amide bonds. The predicted octanol–water partition coefficient (Wildman–Crippen LogP) is 4.49. The zero-order valence-corrected chi connectivity index (χ0v) is 17.1. The molecule has 0 saturated heterocycles. The molecule has 150 valence electrons. The van der Waals surface area contributed by atoms with E-state index in [-0.39, 0.29) is 11.0 Å². The van der Waals surface area contributed by atoms with Gasteiger partial charge in [-0.2, -0.15) is 4.98 Å². The highest BCUT2D eigenvalue weighted by Gasteiger charge is 2.15. The number of hydrogen-bond acceptors (Lipinski definition) is 4. The van der Waals surface area contributed by atoms with E-state index >= 15 is 0 Å². The molecule has 3 heterocycles. The van der Waals surface area contributed by atoms with Crippen molar-refractivity contribution in [1.82, 2.24) is 14.1 Å². The molecule has 0 spiro atoms. The third-order valence-electron chi connectivity index (χ3n) is 4.69. The summed E-state index contributed by atoms with van der Waals surface area (Å²) in [5, 5.41) is 9.30. The molecule has 1 aromatic carbocycles. The van der Waals surface area contributed by atoms with Crippen molar-refractivity contribution < 1.29 is 4.74 Å². The third kappa shape index (κ3) is 3.53. The van der Waals surface area contributed by atoms with Crippen LogP contribution in [0, 0.1) is 5.41 Å². The third-order valence-corrected chi connectivity index (χ3v) is 4.94. The Labute approximate surface area is 177 Å². The van der Waals surface area contributed by atoms with Crippen LogP contribution in [0.3, 0.4) is 0 Å². The first kappa shape index (κ1) is 19.7. The van der Waals surface area contributed by atoms with Crippen LogP contribution >= 0.6 is 11.6 Å². The van der Waals surface area contributed by atoms with E-state index in [1.807, 2.05) is 13.0 Å². The molecule has 0 aliphatic rings. The number of halogens is 1. The number of rotatable bonds is 5. The van der Waals surface area contributed by atoms with E-state index in [2.05, 4.69) is 11.6 Å². The number of benzene rings is 1. The number of nitrogens with one attached hydrogen (secondary N) is 1. The summed E-state index contributed by atoms with van der Waals surface area (Å²) in [6.07, 6.45) is 3.24. The SMILES string of the molecule is C=Cn1cc(-c2cc3ccc(OCC)nc3n(-c3ccc(Cl)cc3)c2=O)ccc1=N. The van der Waals surface area contributed by atoms with Crippen molar-refractivity contribution in [2.24, 2.45) is 0 Å². The van der Waals surface area contributed by atoms with Gasteiger partial charge in [-0.3, -0.25) is 14.8 Å². The standard InChI is InChI=1S/C23H19ClN4O2/c1-3-27-14-16(5-11-20(27)25)19-13-15-6-12-21(30-4-2)26-22(15)28(23(19)29)18-9-7-17(24)8-10-18/h3,5-14,25H,1,4H2,2H3. The fourth-order valence-corrected chi connectivity index (χ4v) is 3.39. The van der Waals surface area contributed by atoms with E-state index < -0.39 is 0 Å². The van der Waals surface area contributed by atoms with Crippen LogP contribution in [0.15, 0.2) is 72.2 Å². The Hall–Kier alpha value is -3.64. The summed E-state index contributed by atoms with van der Waals surface area (Å²) in [4.78, 5) is 18.2. The van der Waals surface area contributed by atoms with Gasteiger partial charge in [-0.1, -0.05) is 18.2 Å². The van der Waals surface area contributed by atoms with Gasteiger partial charge in [0, 0.05) is 40.0 Å². The smallest absolute Gasteiger partial charge is 0.264 e. The van der Waals surface area contributed by atoms with Crippen LogP contribution in [0.1, 0.15) is 6.92 Å². The maximum absolute atomic E-state index is 13.6. The van der Waals surface area contributed by atoms with Crippen molar-refractivity contribution in [3.63, 3.8) is 0 Å². The summed E-state index contributed by atoms with van der Waals surface area (Å²) >= 11 is 6.05. The van der Waals surface area contributed by atoms with Gasteiger partial charge in [0.1, 0.15) is 5.49 Å². The molecular weight excluding hydrogens is 400 g/mol. The van der Waals surface area contributed by atoms with Gasteiger partial charge in [-0.15, -0.1) is 0 Å².